The number of benzene rings is 2. The van der Waals surface area contributed by atoms with Crippen molar-refractivity contribution >= 4 is 0 Å². The van der Waals surface area contributed by atoms with E-state index in [0.717, 1.165) is 19.4 Å². The van der Waals surface area contributed by atoms with Crippen LogP contribution < -0.4 is 5.32 Å². The van der Waals surface area contributed by atoms with Crippen LogP contribution in [0.4, 0.5) is 0 Å². The molecule has 0 aliphatic carbocycles. The molecule has 0 radical (unpaired) electrons. The summed E-state index contributed by atoms with van der Waals surface area (Å²) in [6.07, 6.45) is 1.31. The smallest absolute Gasteiger partial charge is 0.0701 e. The second-order valence-electron chi connectivity index (χ2n) is 7.30. The molecule has 0 saturated carbocycles. The number of aliphatic hydroxyl groups is 1. The molecule has 0 aromatic heterocycles. The average molecular weight is 311 g/mol. The molecule has 2 aromatic carbocycles. The fourth-order valence-electron chi connectivity index (χ4n) is 2.97. The lowest BCUT2D eigenvalue weighted by Gasteiger charge is -2.35. The summed E-state index contributed by atoms with van der Waals surface area (Å²) in [4.78, 5) is 0. The summed E-state index contributed by atoms with van der Waals surface area (Å²) in [5.74, 6) is 0. The molecule has 2 rings (SSSR count). The van der Waals surface area contributed by atoms with Gasteiger partial charge < -0.3 is 10.4 Å². The van der Waals surface area contributed by atoms with Crippen LogP contribution in [0.15, 0.2) is 60.7 Å². The van der Waals surface area contributed by atoms with Crippen LogP contribution in [0.1, 0.15) is 38.3 Å². The van der Waals surface area contributed by atoms with Crippen LogP contribution in [-0.2, 0) is 13.0 Å². The van der Waals surface area contributed by atoms with Gasteiger partial charge in [0.1, 0.15) is 0 Å². The Kier molecular flexibility index (Phi) is 6.37. The Bertz CT molecular complexity index is 559. The van der Waals surface area contributed by atoms with Crippen molar-refractivity contribution in [3.63, 3.8) is 0 Å². The number of aryl methyl sites for hydroxylation is 1. The quantitative estimate of drug-likeness (QED) is 0.804. The van der Waals surface area contributed by atoms with Crippen LogP contribution in [0.3, 0.4) is 0 Å². The van der Waals surface area contributed by atoms with Gasteiger partial charge in [0.05, 0.1) is 6.10 Å². The molecule has 0 bridgehead atoms. The van der Waals surface area contributed by atoms with Gasteiger partial charge in [0, 0.05) is 12.6 Å². The predicted octanol–water partition coefficient (Wildman–Crippen LogP) is 4.18. The van der Waals surface area contributed by atoms with E-state index in [1.54, 1.807) is 0 Å². The van der Waals surface area contributed by atoms with E-state index in [4.69, 9.17) is 0 Å². The Morgan fingerprint density at radius 2 is 1.39 bits per heavy atom. The summed E-state index contributed by atoms with van der Waals surface area (Å²) in [5.41, 5.74) is 2.53. The number of hydrogen-bond donors (Lipinski definition) is 2. The third-order valence-corrected chi connectivity index (χ3v) is 4.26. The Labute approximate surface area is 140 Å². The second kappa shape index (κ2) is 8.28. The highest BCUT2D eigenvalue weighted by atomic mass is 16.3. The zero-order valence-corrected chi connectivity index (χ0v) is 14.5. The maximum absolute atomic E-state index is 10.7. The minimum atomic E-state index is -0.362. The number of hydrogen-bond acceptors (Lipinski definition) is 2. The third kappa shape index (κ3) is 5.81. The molecule has 2 atom stereocenters. The SMILES string of the molecule is CC(C)(C)C(NCc1ccccc1)[C@H](O)CCc1ccccc1. The van der Waals surface area contributed by atoms with E-state index >= 15 is 0 Å². The van der Waals surface area contributed by atoms with E-state index in [1.807, 2.05) is 12.1 Å². The molecule has 0 saturated heterocycles. The molecule has 0 aliphatic rings. The fraction of sp³-hybridized carbons (Fsp3) is 0.429. The van der Waals surface area contributed by atoms with Crippen molar-refractivity contribution in [3.8, 4) is 0 Å². The predicted molar refractivity (Wildman–Crippen MR) is 97.3 cm³/mol. The standard InChI is InChI=1S/C21H29NO/c1-21(2,3)20(22-16-18-12-8-5-9-13-18)19(23)15-14-17-10-6-4-7-11-17/h4-13,19-20,22-23H,14-16H2,1-3H3/t19-,20?/m1/s1. The molecule has 2 N–H and O–H groups in total. The average Bonchev–Trinajstić information content (AvgIpc) is 2.54. The molecule has 2 heteroatoms. The Hall–Kier alpha value is -1.64. The van der Waals surface area contributed by atoms with Crippen LogP contribution in [0.25, 0.3) is 0 Å². The van der Waals surface area contributed by atoms with Gasteiger partial charge in [-0.1, -0.05) is 81.4 Å². The zero-order chi connectivity index (χ0) is 16.7. The van der Waals surface area contributed by atoms with E-state index < -0.39 is 0 Å². The zero-order valence-electron chi connectivity index (χ0n) is 14.5. The maximum Gasteiger partial charge on any atom is 0.0701 e. The fourth-order valence-corrected chi connectivity index (χ4v) is 2.97. The van der Waals surface area contributed by atoms with Crippen LogP contribution >= 0.6 is 0 Å². The lowest BCUT2D eigenvalue weighted by atomic mass is 9.81. The van der Waals surface area contributed by atoms with Crippen molar-refractivity contribution in [2.45, 2.75) is 52.3 Å². The lowest BCUT2D eigenvalue weighted by molar-refractivity contribution is 0.0633. The van der Waals surface area contributed by atoms with Gasteiger partial charge in [-0.05, 0) is 29.4 Å². The van der Waals surface area contributed by atoms with Crippen LogP contribution in [-0.4, -0.2) is 17.3 Å². The first-order valence-corrected chi connectivity index (χ1v) is 8.46. The van der Waals surface area contributed by atoms with Crippen molar-refractivity contribution in [1.82, 2.24) is 5.32 Å². The number of rotatable bonds is 7. The third-order valence-electron chi connectivity index (χ3n) is 4.26. The molecule has 0 amide bonds. The lowest BCUT2D eigenvalue weighted by Crippen LogP contribution is -2.48. The summed E-state index contributed by atoms with van der Waals surface area (Å²) in [6, 6.07) is 20.8. The highest BCUT2D eigenvalue weighted by Gasteiger charge is 2.30. The van der Waals surface area contributed by atoms with Crippen LogP contribution in [0, 0.1) is 5.41 Å². The number of nitrogens with one attached hydrogen (secondary N) is 1. The Morgan fingerprint density at radius 1 is 0.870 bits per heavy atom. The van der Waals surface area contributed by atoms with E-state index in [0.29, 0.717) is 0 Å². The molecule has 0 spiro atoms. The monoisotopic (exact) mass is 311 g/mol. The Morgan fingerprint density at radius 3 is 1.91 bits per heavy atom. The van der Waals surface area contributed by atoms with Crippen molar-refractivity contribution in [1.29, 1.82) is 0 Å². The minimum Gasteiger partial charge on any atom is -0.391 e. The first-order chi connectivity index (χ1) is 11.0. The van der Waals surface area contributed by atoms with Crippen LogP contribution in [0.2, 0.25) is 0 Å². The molecule has 2 nitrogen and oxygen atoms in total. The summed E-state index contributed by atoms with van der Waals surface area (Å²) in [7, 11) is 0. The second-order valence-corrected chi connectivity index (χ2v) is 7.30. The summed E-state index contributed by atoms with van der Waals surface area (Å²) < 4.78 is 0. The number of aliphatic hydroxyl groups excluding tert-OH is 1. The van der Waals surface area contributed by atoms with Gasteiger partial charge in [-0.2, -0.15) is 0 Å². The van der Waals surface area contributed by atoms with Gasteiger partial charge in [0.15, 0.2) is 0 Å². The van der Waals surface area contributed by atoms with Crippen molar-refractivity contribution < 1.29 is 5.11 Å². The van der Waals surface area contributed by atoms with Gasteiger partial charge in [-0.3, -0.25) is 0 Å². The molecular weight excluding hydrogens is 282 g/mol. The Balaban J connectivity index is 1.94. The van der Waals surface area contributed by atoms with Gasteiger partial charge >= 0.3 is 0 Å². The van der Waals surface area contributed by atoms with Gasteiger partial charge in [-0.15, -0.1) is 0 Å². The van der Waals surface area contributed by atoms with E-state index in [9.17, 15) is 5.11 Å². The topological polar surface area (TPSA) is 32.3 Å². The van der Waals surface area contributed by atoms with Gasteiger partial charge in [0.25, 0.3) is 0 Å². The minimum absolute atomic E-state index is 0.00485. The van der Waals surface area contributed by atoms with E-state index in [-0.39, 0.29) is 17.6 Å². The molecule has 0 aliphatic heterocycles. The van der Waals surface area contributed by atoms with Crippen LogP contribution in [0.5, 0.6) is 0 Å². The van der Waals surface area contributed by atoms with E-state index in [1.165, 1.54) is 11.1 Å². The summed E-state index contributed by atoms with van der Waals surface area (Å²) in [5, 5.41) is 14.3. The molecule has 1 unspecified atom stereocenters. The van der Waals surface area contributed by atoms with Crippen molar-refractivity contribution in [3.05, 3.63) is 71.8 Å². The molecule has 0 heterocycles. The molecule has 124 valence electrons. The maximum atomic E-state index is 10.7. The summed E-state index contributed by atoms with van der Waals surface area (Å²) >= 11 is 0. The van der Waals surface area contributed by atoms with Crippen molar-refractivity contribution in [2.24, 2.45) is 5.41 Å². The highest BCUT2D eigenvalue weighted by molar-refractivity contribution is 5.16. The highest BCUT2D eigenvalue weighted by Crippen LogP contribution is 2.24. The molecule has 2 aromatic rings. The van der Waals surface area contributed by atoms with Gasteiger partial charge in [0.2, 0.25) is 0 Å². The van der Waals surface area contributed by atoms with E-state index in [2.05, 4.69) is 74.6 Å². The first kappa shape index (κ1) is 17.7. The van der Waals surface area contributed by atoms with Gasteiger partial charge in [-0.25, -0.2) is 0 Å². The molecule has 0 fully saturated rings. The molecule has 23 heavy (non-hydrogen) atoms. The van der Waals surface area contributed by atoms with Crippen molar-refractivity contribution in [2.75, 3.05) is 0 Å². The molecular formula is C21H29NO. The first-order valence-electron chi connectivity index (χ1n) is 8.46. The largest absolute Gasteiger partial charge is 0.391 e. The normalized spacial score (nSPS) is 14.4. The summed E-state index contributed by atoms with van der Waals surface area (Å²) in [6.45, 7) is 7.33.